The number of hydrogen-bond acceptors (Lipinski definition) is 4. The van der Waals surface area contributed by atoms with Crippen molar-refractivity contribution in [2.75, 3.05) is 0 Å². The maximum atomic E-state index is 12.9. The molecule has 37 heavy (non-hydrogen) atoms. The second-order valence-electron chi connectivity index (χ2n) is 8.86. The Kier molecular flexibility index (Phi) is 13.8. The van der Waals surface area contributed by atoms with Gasteiger partial charge in [-0.15, -0.1) is 17.9 Å². The summed E-state index contributed by atoms with van der Waals surface area (Å²) in [5.41, 5.74) is 3.21. The number of unbranched alkanes of at least 4 members (excludes halogenated alkanes) is 1. The van der Waals surface area contributed by atoms with Gasteiger partial charge >= 0.3 is 6.18 Å². The molecule has 0 bridgehead atoms. The number of carbonyl (C=O) groups excluding carboxylic acids is 1. The van der Waals surface area contributed by atoms with Crippen molar-refractivity contribution in [2.24, 2.45) is 0 Å². The Hall–Kier alpha value is -2.51. The second-order valence-corrected chi connectivity index (χ2v) is 9.89. The van der Waals surface area contributed by atoms with E-state index in [1.54, 1.807) is 6.08 Å². The maximum absolute atomic E-state index is 12.9. The number of thiazole rings is 1. The number of carbonyl (C=O) groups is 1. The Labute approximate surface area is 224 Å². The first kappa shape index (κ1) is 32.5. The highest BCUT2D eigenvalue weighted by Gasteiger charge is 2.30. The van der Waals surface area contributed by atoms with Crippen molar-refractivity contribution >= 4 is 17.6 Å². The fourth-order valence-corrected chi connectivity index (χ4v) is 4.69. The van der Waals surface area contributed by atoms with Crippen molar-refractivity contribution < 1.29 is 22.7 Å². The molecule has 1 aromatic heterocycles. The number of ether oxygens (including phenoxy) is 1. The standard InChI is InChI=1S/C28H34F3NO2S.C2H6/c1-7-24(16-11-20(5)19(4)10-8-9-17-33)34-21(6)26-25(18(2)3)32-27(35-26)22-12-14-23(15-13-22)28(29,30)31;1-2/h7,11-18,21,24H,1,8-10H2,2-6H3;1-2H3/b16-11?,20-19+;/t21-,24?;/m1./s1. The largest absolute Gasteiger partial charge is 0.416 e. The highest BCUT2D eigenvalue weighted by Crippen LogP contribution is 2.38. The summed E-state index contributed by atoms with van der Waals surface area (Å²) >= 11 is 1.44. The van der Waals surface area contributed by atoms with E-state index in [1.165, 1.54) is 29.0 Å². The molecule has 2 rings (SSSR count). The molecular formula is C30H40F3NO2S. The van der Waals surface area contributed by atoms with Gasteiger partial charge in [0, 0.05) is 12.0 Å². The van der Waals surface area contributed by atoms with E-state index in [0.717, 1.165) is 47.4 Å². The highest BCUT2D eigenvalue weighted by atomic mass is 32.1. The number of alkyl halides is 3. The van der Waals surface area contributed by atoms with E-state index in [0.29, 0.717) is 17.0 Å². The molecule has 3 nitrogen and oxygen atoms in total. The molecule has 204 valence electrons. The molecule has 2 atom stereocenters. The lowest BCUT2D eigenvalue weighted by Crippen LogP contribution is -2.11. The number of benzene rings is 1. The topological polar surface area (TPSA) is 39.2 Å². The van der Waals surface area contributed by atoms with Crippen molar-refractivity contribution in [3.05, 3.63) is 76.4 Å². The third kappa shape index (κ3) is 10.0. The van der Waals surface area contributed by atoms with Gasteiger partial charge in [-0.3, -0.25) is 0 Å². The van der Waals surface area contributed by atoms with Gasteiger partial charge in [-0.2, -0.15) is 13.2 Å². The number of aldehydes is 1. The fourth-order valence-electron chi connectivity index (χ4n) is 3.48. The normalized spacial score (nSPS) is 14.1. The van der Waals surface area contributed by atoms with Crippen molar-refractivity contribution in [2.45, 2.75) is 92.0 Å². The van der Waals surface area contributed by atoms with Gasteiger partial charge in [-0.25, -0.2) is 4.98 Å². The number of hydrogen-bond donors (Lipinski definition) is 0. The summed E-state index contributed by atoms with van der Waals surface area (Å²) in [6, 6.07) is 5.09. The van der Waals surface area contributed by atoms with E-state index >= 15 is 0 Å². The molecule has 1 aromatic carbocycles. The number of rotatable bonds is 12. The summed E-state index contributed by atoms with van der Waals surface area (Å²) in [6.07, 6.45) is 3.94. The molecule has 2 aromatic rings. The Morgan fingerprint density at radius 3 is 2.27 bits per heavy atom. The van der Waals surface area contributed by atoms with Gasteiger partial charge in [0.05, 0.1) is 28.3 Å². The first-order valence-corrected chi connectivity index (χ1v) is 13.5. The van der Waals surface area contributed by atoms with Crippen LogP contribution in [-0.2, 0) is 15.7 Å². The first-order chi connectivity index (χ1) is 17.5. The van der Waals surface area contributed by atoms with Crippen LogP contribution in [0.1, 0.15) is 95.9 Å². The predicted molar refractivity (Wildman–Crippen MR) is 149 cm³/mol. The molecule has 0 saturated carbocycles. The number of halogens is 3. The molecule has 1 unspecified atom stereocenters. The highest BCUT2D eigenvalue weighted by molar-refractivity contribution is 7.15. The molecular weight excluding hydrogens is 495 g/mol. The van der Waals surface area contributed by atoms with Crippen LogP contribution in [0.5, 0.6) is 0 Å². The van der Waals surface area contributed by atoms with Gasteiger partial charge in [-0.05, 0) is 51.7 Å². The Morgan fingerprint density at radius 1 is 1.14 bits per heavy atom. The summed E-state index contributed by atoms with van der Waals surface area (Å²) < 4.78 is 45.0. The average molecular weight is 536 g/mol. The molecule has 0 fully saturated rings. The molecule has 0 aliphatic heterocycles. The average Bonchev–Trinajstić information content (AvgIpc) is 3.33. The van der Waals surface area contributed by atoms with E-state index in [-0.39, 0.29) is 18.1 Å². The summed E-state index contributed by atoms with van der Waals surface area (Å²) in [7, 11) is 0. The molecule has 0 amide bonds. The third-order valence-corrected chi connectivity index (χ3v) is 7.01. The number of aromatic nitrogens is 1. The summed E-state index contributed by atoms with van der Waals surface area (Å²) in [6.45, 7) is 18.0. The van der Waals surface area contributed by atoms with Crippen LogP contribution < -0.4 is 0 Å². The third-order valence-electron chi connectivity index (χ3n) is 5.73. The van der Waals surface area contributed by atoms with E-state index in [4.69, 9.17) is 9.72 Å². The maximum Gasteiger partial charge on any atom is 0.416 e. The molecule has 1 heterocycles. The van der Waals surface area contributed by atoms with E-state index < -0.39 is 11.7 Å². The van der Waals surface area contributed by atoms with E-state index in [9.17, 15) is 18.0 Å². The Bertz CT molecular complexity index is 1050. The smallest absolute Gasteiger partial charge is 0.362 e. The monoisotopic (exact) mass is 535 g/mol. The SMILES string of the molecule is C=CC(C=C/C(C)=C(\C)CCCC=O)O[C@H](C)c1sc(-c2ccc(C(F)(F)F)cc2)nc1C(C)C.CC. The van der Waals surface area contributed by atoms with Crippen molar-refractivity contribution in [1.29, 1.82) is 0 Å². The molecule has 0 aliphatic carbocycles. The first-order valence-electron chi connectivity index (χ1n) is 12.7. The van der Waals surface area contributed by atoms with Crippen LogP contribution in [0, 0.1) is 0 Å². The van der Waals surface area contributed by atoms with Gasteiger partial charge in [0.25, 0.3) is 0 Å². The lowest BCUT2D eigenvalue weighted by Gasteiger charge is -2.18. The number of nitrogens with zero attached hydrogens (tertiary/aromatic N) is 1. The predicted octanol–water partition coefficient (Wildman–Crippen LogP) is 9.87. The van der Waals surface area contributed by atoms with Gasteiger partial charge in [0.1, 0.15) is 11.3 Å². The molecule has 0 spiro atoms. The zero-order valence-corrected chi connectivity index (χ0v) is 23.8. The van der Waals surface area contributed by atoms with Gasteiger partial charge < -0.3 is 9.53 Å². The van der Waals surface area contributed by atoms with E-state index in [2.05, 4.69) is 13.5 Å². The Balaban J connectivity index is 0.00000334. The van der Waals surface area contributed by atoms with Gasteiger partial charge in [0.15, 0.2) is 0 Å². The molecule has 0 N–H and O–H groups in total. The minimum absolute atomic E-state index is 0.132. The van der Waals surface area contributed by atoms with Crippen LogP contribution in [0.4, 0.5) is 13.2 Å². The van der Waals surface area contributed by atoms with Crippen LogP contribution >= 0.6 is 11.3 Å². The summed E-state index contributed by atoms with van der Waals surface area (Å²) in [5, 5.41) is 0.670. The zero-order chi connectivity index (χ0) is 28.2. The van der Waals surface area contributed by atoms with Crippen molar-refractivity contribution in [3.8, 4) is 10.6 Å². The minimum Gasteiger partial charge on any atom is -0.362 e. The van der Waals surface area contributed by atoms with Crippen LogP contribution in [-0.4, -0.2) is 17.4 Å². The van der Waals surface area contributed by atoms with Crippen LogP contribution in [0.2, 0.25) is 0 Å². The summed E-state index contributed by atoms with van der Waals surface area (Å²) in [5.74, 6) is 0.132. The van der Waals surface area contributed by atoms with Crippen LogP contribution in [0.3, 0.4) is 0 Å². The van der Waals surface area contributed by atoms with Gasteiger partial charge in [-0.1, -0.05) is 69.2 Å². The van der Waals surface area contributed by atoms with Crippen molar-refractivity contribution in [3.63, 3.8) is 0 Å². The number of allylic oxidation sites excluding steroid dienone is 3. The second kappa shape index (κ2) is 15.7. The lowest BCUT2D eigenvalue weighted by atomic mass is 10.0. The minimum atomic E-state index is -4.37. The van der Waals surface area contributed by atoms with Crippen LogP contribution in [0.15, 0.2) is 60.2 Å². The fraction of sp³-hybridized carbons (Fsp3) is 0.467. The zero-order valence-electron chi connectivity index (χ0n) is 23.0. The van der Waals surface area contributed by atoms with Crippen LogP contribution in [0.25, 0.3) is 10.6 Å². The molecule has 0 saturated heterocycles. The Morgan fingerprint density at radius 2 is 1.76 bits per heavy atom. The van der Waals surface area contributed by atoms with Gasteiger partial charge in [0.2, 0.25) is 0 Å². The molecule has 0 aliphatic rings. The summed E-state index contributed by atoms with van der Waals surface area (Å²) in [4.78, 5) is 16.2. The molecule has 0 radical (unpaired) electrons. The van der Waals surface area contributed by atoms with Crippen molar-refractivity contribution in [1.82, 2.24) is 4.98 Å². The van der Waals surface area contributed by atoms with E-state index in [1.807, 2.05) is 53.7 Å². The quantitative estimate of drug-likeness (QED) is 0.117. The molecule has 7 heteroatoms. The lowest BCUT2D eigenvalue weighted by molar-refractivity contribution is -0.137.